The Morgan fingerprint density at radius 2 is 1.64 bits per heavy atom. The molecule has 0 bridgehead atoms. The number of hydrogen-bond donors (Lipinski definition) is 7. The van der Waals surface area contributed by atoms with Gasteiger partial charge in [-0.3, -0.25) is 9.80 Å². The fourth-order valence-corrected chi connectivity index (χ4v) is 11.5. The van der Waals surface area contributed by atoms with Gasteiger partial charge in [-0.1, -0.05) is 26.0 Å². The number of esters is 1. The largest absolute Gasteiger partial charge is 0.459 e. The lowest BCUT2D eigenvalue weighted by molar-refractivity contribution is -0.290. The number of aliphatic hydroxyl groups excluding tert-OH is 3. The maximum absolute atomic E-state index is 14.9. The Balaban J connectivity index is 1.19. The fraction of sp³-hybridized carbons (Fsp3) is 0.830. The molecule has 20 heteroatoms. The van der Waals surface area contributed by atoms with Gasteiger partial charge in [0.15, 0.2) is 12.6 Å². The van der Waals surface area contributed by atoms with Gasteiger partial charge in [0.2, 0.25) is 0 Å². The van der Waals surface area contributed by atoms with E-state index in [4.69, 9.17) is 33.2 Å². The van der Waals surface area contributed by atoms with Crippen LogP contribution in [0.15, 0.2) is 36.2 Å². The number of halogens is 1. The molecule has 0 saturated carbocycles. The zero-order valence-corrected chi connectivity index (χ0v) is 45.7. The molecule has 0 spiro atoms. The standard InChI is InChI=1S/C53H92FN7O12/c1-13-45-53(8,66)49(64)36(6)59(10)30-32(2)24-42(62)44(26-43(35(5)50(65)73-45)71-46-28-52(7,68-12)27-34(4)69-46)72-51-47(63)40(25-33(3)70-51)58(9)21-18-38-31-61(57-56-38)41(29-54)48(67-11)37-14-16-39(17-15-37)60-22-19-55-20-23-60/h14-17,31-36,40-49,51,55-57,62-64,66H,13,18-30H2,1-12H3/t32-,33-,34+,35-,36-,40+,41-,42-,43+,44-,45-,46+,47-,48-,49-,51+,52+,53-/m1/s1. The van der Waals surface area contributed by atoms with Crippen molar-refractivity contribution in [3.63, 3.8) is 0 Å². The number of alkyl halides is 1. The van der Waals surface area contributed by atoms with Gasteiger partial charge in [0, 0.05) is 109 Å². The highest BCUT2D eigenvalue weighted by atomic mass is 19.1. The van der Waals surface area contributed by atoms with E-state index in [1.807, 2.05) is 71.9 Å². The third-order valence-corrected chi connectivity index (χ3v) is 16.3. The second-order valence-electron chi connectivity index (χ2n) is 22.2. The average Bonchev–Trinajstić information content (AvgIpc) is 3.84. The fourth-order valence-electron chi connectivity index (χ4n) is 11.5. The summed E-state index contributed by atoms with van der Waals surface area (Å²) in [6, 6.07) is 6.54. The highest BCUT2D eigenvalue weighted by Crippen LogP contribution is 2.37. The number of hydrazine groups is 2. The monoisotopic (exact) mass is 1040 g/mol. The smallest absolute Gasteiger partial charge is 0.311 e. The molecule has 0 unspecified atom stereocenters. The molecule has 0 aromatic heterocycles. The van der Waals surface area contributed by atoms with Gasteiger partial charge in [-0.25, -0.2) is 4.39 Å². The minimum Gasteiger partial charge on any atom is -0.459 e. The molecule has 418 valence electrons. The summed E-state index contributed by atoms with van der Waals surface area (Å²) >= 11 is 0. The van der Waals surface area contributed by atoms with Crippen molar-refractivity contribution < 1.29 is 62.8 Å². The lowest BCUT2D eigenvalue weighted by Crippen LogP contribution is -2.59. The van der Waals surface area contributed by atoms with Gasteiger partial charge in [0.25, 0.3) is 0 Å². The van der Waals surface area contributed by atoms with E-state index in [0.29, 0.717) is 38.8 Å². The van der Waals surface area contributed by atoms with E-state index >= 15 is 0 Å². The van der Waals surface area contributed by atoms with Crippen molar-refractivity contribution in [1.82, 2.24) is 31.1 Å². The molecular weight excluding hydrogens is 946 g/mol. The van der Waals surface area contributed by atoms with Crippen LogP contribution in [0.1, 0.15) is 112 Å². The molecule has 5 heterocycles. The first-order chi connectivity index (χ1) is 34.6. The van der Waals surface area contributed by atoms with E-state index in [1.165, 1.54) is 6.92 Å². The Bertz CT molecular complexity index is 1890. The normalized spacial score (nSPS) is 38.8. The number of hydrogen-bond acceptors (Lipinski definition) is 19. The van der Waals surface area contributed by atoms with E-state index in [9.17, 15) is 29.6 Å². The predicted molar refractivity (Wildman–Crippen MR) is 274 cm³/mol. The number of ether oxygens (including phenoxy) is 7. The number of piperazine rings is 1. The van der Waals surface area contributed by atoms with Crippen molar-refractivity contribution >= 4 is 11.7 Å². The number of rotatable bonds is 16. The van der Waals surface area contributed by atoms with E-state index < -0.39 is 103 Å². The molecule has 0 amide bonds. The van der Waals surface area contributed by atoms with Crippen LogP contribution in [0.5, 0.6) is 0 Å². The maximum atomic E-state index is 14.9. The SMILES string of the molecule is CC[C@H]1OC(=O)[C@H](C)[C@@H](O[C@H]2C[C@@](C)(OC)C[C@H](C)O2)C[C@@H](O[C@@H]2O[C@H](C)C[C@H](N(C)CCC3=CN([C@H](CF)[C@H](OC)c4ccc(N5CCNCC5)cc4)NN3)[C@H]2O)[C@H](O)C[C@@H](C)CN(C)[C@H](C)[C@@H](O)[C@]1(C)O. The lowest BCUT2D eigenvalue weighted by Gasteiger charge is -2.44. The van der Waals surface area contributed by atoms with E-state index in [1.54, 1.807) is 33.1 Å². The summed E-state index contributed by atoms with van der Waals surface area (Å²) in [5.41, 5.74) is 6.79. The van der Waals surface area contributed by atoms with Crippen LogP contribution in [0, 0.1) is 11.8 Å². The average molecular weight is 1040 g/mol. The van der Waals surface area contributed by atoms with Gasteiger partial charge in [0.1, 0.15) is 42.7 Å². The summed E-state index contributed by atoms with van der Waals surface area (Å²) in [6.45, 7) is 18.6. The van der Waals surface area contributed by atoms with Crippen LogP contribution in [0.2, 0.25) is 0 Å². The third-order valence-electron chi connectivity index (χ3n) is 16.3. The number of anilines is 1. The van der Waals surface area contributed by atoms with E-state index in [-0.39, 0.29) is 37.4 Å². The van der Waals surface area contributed by atoms with Crippen LogP contribution in [0.25, 0.3) is 0 Å². The zero-order valence-electron chi connectivity index (χ0n) is 45.7. The maximum Gasteiger partial charge on any atom is 0.311 e. The van der Waals surface area contributed by atoms with Crippen LogP contribution in [0.3, 0.4) is 0 Å². The zero-order chi connectivity index (χ0) is 53.4. The summed E-state index contributed by atoms with van der Waals surface area (Å²) in [7, 11) is 7.03. The first kappa shape index (κ1) is 59.4. The molecule has 4 fully saturated rings. The Morgan fingerprint density at radius 1 is 0.945 bits per heavy atom. The van der Waals surface area contributed by atoms with Crippen molar-refractivity contribution in [2.24, 2.45) is 11.8 Å². The minimum absolute atomic E-state index is 0.0133. The summed E-state index contributed by atoms with van der Waals surface area (Å²) < 4.78 is 59.0. The van der Waals surface area contributed by atoms with Gasteiger partial charge in [-0.2, -0.15) is 0 Å². The number of methoxy groups -OCH3 is 2. The topological polar surface area (TPSA) is 212 Å². The van der Waals surface area contributed by atoms with Crippen LogP contribution in [-0.2, 0) is 38.0 Å². The van der Waals surface area contributed by atoms with Crippen molar-refractivity contribution in [2.45, 2.75) is 197 Å². The second kappa shape index (κ2) is 26.5. The molecule has 18 atom stereocenters. The molecule has 5 aliphatic rings. The summed E-state index contributed by atoms with van der Waals surface area (Å²) in [6.07, 6.45) is -5.27. The summed E-state index contributed by atoms with van der Waals surface area (Å²) in [5.74, 6) is -1.76. The molecular formula is C53H92FN7O12. The third kappa shape index (κ3) is 15.0. The van der Waals surface area contributed by atoms with Crippen LogP contribution < -0.4 is 21.2 Å². The van der Waals surface area contributed by atoms with E-state index in [0.717, 1.165) is 43.1 Å². The van der Waals surface area contributed by atoms with Crippen molar-refractivity contribution in [2.75, 3.05) is 79.2 Å². The van der Waals surface area contributed by atoms with Crippen molar-refractivity contribution in [1.29, 1.82) is 0 Å². The second-order valence-corrected chi connectivity index (χ2v) is 22.2. The Morgan fingerprint density at radius 3 is 2.29 bits per heavy atom. The molecule has 7 N–H and O–H groups in total. The predicted octanol–water partition coefficient (Wildman–Crippen LogP) is 3.36. The number of nitrogens with one attached hydrogen (secondary N) is 3. The van der Waals surface area contributed by atoms with Crippen LogP contribution in [0.4, 0.5) is 10.1 Å². The molecule has 6 rings (SSSR count). The number of cyclic esters (lactones) is 1. The lowest BCUT2D eigenvalue weighted by atomic mass is 9.86. The Hall–Kier alpha value is -2.80. The first-order valence-corrected chi connectivity index (χ1v) is 26.8. The molecule has 1 aromatic rings. The Labute approximate surface area is 434 Å². The van der Waals surface area contributed by atoms with E-state index in [2.05, 4.69) is 38.2 Å². The molecule has 1 aromatic carbocycles. The van der Waals surface area contributed by atoms with Crippen LogP contribution >= 0.6 is 0 Å². The Kier molecular flexibility index (Phi) is 21.6. The number of carbonyl (C=O) groups excluding carboxylic acids is 1. The molecule has 4 saturated heterocycles. The number of carbonyl (C=O) groups is 1. The minimum atomic E-state index is -1.80. The molecule has 0 aliphatic carbocycles. The molecule has 73 heavy (non-hydrogen) atoms. The van der Waals surface area contributed by atoms with Gasteiger partial charge in [0.05, 0.1) is 42.0 Å². The van der Waals surface area contributed by atoms with Gasteiger partial charge < -0.3 is 79.0 Å². The molecule has 19 nitrogen and oxygen atoms in total. The first-order valence-electron chi connectivity index (χ1n) is 26.8. The highest BCUT2D eigenvalue weighted by Gasteiger charge is 2.48. The highest BCUT2D eigenvalue weighted by molar-refractivity contribution is 5.73. The summed E-state index contributed by atoms with van der Waals surface area (Å²) in [5, 5.41) is 52.9. The van der Waals surface area contributed by atoms with Gasteiger partial charge in [-0.05, 0) is 98.5 Å². The number of nitrogens with zero attached hydrogens (tertiary/aromatic N) is 4. The van der Waals surface area contributed by atoms with Gasteiger partial charge >= 0.3 is 5.97 Å². The molecule has 0 radical (unpaired) electrons. The number of benzene rings is 1. The summed E-state index contributed by atoms with van der Waals surface area (Å²) in [4.78, 5) is 20.6. The quantitative estimate of drug-likeness (QED) is 0.118. The van der Waals surface area contributed by atoms with Crippen molar-refractivity contribution in [3.05, 3.63) is 41.7 Å². The number of likely N-dealkylation sites (N-methyl/N-ethyl adjacent to an activating group) is 2. The van der Waals surface area contributed by atoms with Gasteiger partial charge in [-0.15, -0.1) is 5.53 Å². The molecule has 5 aliphatic heterocycles. The number of aliphatic hydroxyl groups is 4. The van der Waals surface area contributed by atoms with Crippen molar-refractivity contribution in [3.8, 4) is 0 Å². The van der Waals surface area contributed by atoms with Crippen LogP contribution in [-0.4, -0.2) is 206 Å².